The number of carbonyl (C=O) groups is 2. The molecule has 1 aromatic carbocycles. The number of benzene rings is 1. The molecular formula is C19H19N3O2. The van der Waals surface area contributed by atoms with Gasteiger partial charge in [-0.1, -0.05) is 24.3 Å². The number of nitrogens with zero attached hydrogens (tertiary/aromatic N) is 2. The normalized spacial score (nSPS) is 10.8. The van der Waals surface area contributed by atoms with Crippen molar-refractivity contribution in [3.8, 4) is 0 Å². The van der Waals surface area contributed by atoms with Crippen LogP contribution in [0.4, 0.5) is 0 Å². The number of hydrogen-bond acceptors (Lipinski definition) is 3. The molecule has 0 aliphatic heterocycles. The van der Waals surface area contributed by atoms with Crippen molar-refractivity contribution in [3.63, 3.8) is 0 Å². The molecule has 0 aliphatic carbocycles. The van der Waals surface area contributed by atoms with Gasteiger partial charge in [0.05, 0.1) is 5.52 Å². The molecule has 1 amide bonds. The zero-order chi connectivity index (χ0) is 17.1. The van der Waals surface area contributed by atoms with Gasteiger partial charge in [-0.3, -0.25) is 14.2 Å². The first-order chi connectivity index (χ1) is 11.6. The summed E-state index contributed by atoms with van der Waals surface area (Å²) in [5, 5.41) is 3.92. The number of aryl methyl sites for hydroxylation is 1. The van der Waals surface area contributed by atoms with Crippen LogP contribution in [-0.4, -0.2) is 27.9 Å². The summed E-state index contributed by atoms with van der Waals surface area (Å²) >= 11 is 0. The van der Waals surface area contributed by atoms with Crippen LogP contribution in [-0.2, 0) is 6.42 Å². The summed E-state index contributed by atoms with van der Waals surface area (Å²) in [5.41, 5.74) is 3.17. The molecule has 1 N–H and O–H groups in total. The number of fused-ring (bicyclic) bond motifs is 1. The van der Waals surface area contributed by atoms with Crippen LogP contribution in [0.2, 0.25) is 0 Å². The SMILES string of the molecule is CC(=O)n1cc(CCNC(=O)c2cccc(C)n2)c2ccccc21. The van der Waals surface area contributed by atoms with Crippen LogP contribution >= 0.6 is 0 Å². The molecule has 0 unspecified atom stereocenters. The highest BCUT2D eigenvalue weighted by Gasteiger charge is 2.11. The highest BCUT2D eigenvalue weighted by molar-refractivity contribution is 5.94. The topological polar surface area (TPSA) is 64.0 Å². The van der Waals surface area contributed by atoms with Gasteiger partial charge in [-0.2, -0.15) is 0 Å². The van der Waals surface area contributed by atoms with E-state index in [1.807, 2.05) is 49.5 Å². The number of pyridine rings is 1. The van der Waals surface area contributed by atoms with Crippen molar-refractivity contribution >= 4 is 22.7 Å². The van der Waals surface area contributed by atoms with E-state index in [1.165, 1.54) is 0 Å². The molecule has 122 valence electrons. The van der Waals surface area contributed by atoms with Gasteiger partial charge in [0.2, 0.25) is 5.91 Å². The predicted octanol–water partition coefficient (Wildman–Crippen LogP) is 2.98. The lowest BCUT2D eigenvalue weighted by Gasteiger charge is -2.05. The van der Waals surface area contributed by atoms with Crippen LogP contribution in [0.1, 0.15) is 33.5 Å². The van der Waals surface area contributed by atoms with E-state index in [2.05, 4.69) is 10.3 Å². The zero-order valence-corrected chi connectivity index (χ0v) is 13.7. The van der Waals surface area contributed by atoms with Crippen LogP contribution in [0.15, 0.2) is 48.7 Å². The Morgan fingerprint density at radius 1 is 1.12 bits per heavy atom. The minimum atomic E-state index is -0.186. The van der Waals surface area contributed by atoms with Crippen molar-refractivity contribution in [2.75, 3.05) is 6.54 Å². The summed E-state index contributed by atoms with van der Waals surface area (Å²) in [5.74, 6) is -0.209. The largest absolute Gasteiger partial charge is 0.350 e. The van der Waals surface area contributed by atoms with E-state index in [0.717, 1.165) is 22.2 Å². The van der Waals surface area contributed by atoms with Crippen LogP contribution in [0.3, 0.4) is 0 Å². The van der Waals surface area contributed by atoms with Gasteiger partial charge in [0, 0.05) is 30.7 Å². The third-order valence-corrected chi connectivity index (χ3v) is 3.93. The fourth-order valence-corrected chi connectivity index (χ4v) is 2.78. The fraction of sp³-hybridized carbons (Fsp3) is 0.211. The minimum Gasteiger partial charge on any atom is -0.350 e. The molecule has 5 nitrogen and oxygen atoms in total. The van der Waals surface area contributed by atoms with Gasteiger partial charge in [-0.25, -0.2) is 4.98 Å². The zero-order valence-electron chi connectivity index (χ0n) is 13.7. The maximum absolute atomic E-state index is 12.1. The van der Waals surface area contributed by atoms with Gasteiger partial charge in [-0.15, -0.1) is 0 Å². The summed E-state index contributed by atoms with van der Waals surface area (Å²) in [6, 6.07) is 13.2. The second kappa shape index (κ2) is 6.66. The fourth-order valence-electron chi connectivity index (χ4n) is 2.78. The summed E-state index contributed by atoms with van der Waals surface area (Å²) in [6.07, 6.45) is 2.50. The third-order valence-electron chi connectivity index (χ3n) is 3.93. The van der Waals surface area contributed by atoms with Gasteiger partial charge in [0.25, 0.3) is 5.91 Å². The van der Waals surface area contributed by atoms with E-state index in [0.29, 0.717) is 18.7 Å². The lowest BCUT2D eigenvalue weighted by molar-refractivity contribution is 0.0935. The summed E-state index contributed by atoms with van der Waals surface area (Å²) in [4.78, 5) is 28.1. The molecule has 0 saturated heterocycles. The Balaban J connectivity index is 1.72. The first-order valence-corrected chi connectivity index (χ1v) is 7.88. The molecule has 0 aliphatic rings. The number of rotatable bonds is 4. The Morgan fingerprint density at radius 3 is 2.67 bits per heavy atom. The highest BCUT2D eigenvalue weighted by Crippen LogP contribution is 2.21. The smallest absolute Gasteiger partial charge is 0.269 e. The monoisotopic (exact) mass is 321 g/mol. The van der Waals surface area contributed by atoms with Crippen molar-refractivity contribution in [2.45, 2.75) is 20.3 Å². The number of carbonyl (C=O) groups excluding carboxylic acids is 2. The van der Waals surface area contributed by atoms with E-state index in [9.17, 15) is 9.59 Å². The van der Waals surface area contributed by atoms with Crippen LogP contribution in [0.25, 0.3) is 10.9 Å². The van der Waals surface area contributed by atoms with E-state index in [1.54, 1.807) is 17.6 Å². The molecule has 0 atom stereocenters. The van der Waals surface area contributed by atoms with E-state index in [4.69, 9.17) is 0 Å². The molecule has 3 rings (SSSR count). The molecule has 5 heteroatoms. The maximum atomic E-state index is 12.1. The van der Waals surface area contributed by atoms with Crippen LogP contribution < -0.4 is 5.32 Å². The maximum Gasteiger partial charge on any atom is 0.269 e. The summed E-state index contributed by atoms with van der Waals surface area (Å²) in [7, 11) is 0. The first-order valence-electron chi connectivity index (χ1n) is 7.88. The molecule has 3 aromatic rings. The Hall–Kier alpha value is -2.95. The predicted molar refractivity (Wildman–Crippen MR) is 93.2 cm³/mol. The van der Waals surface area contributed by atoms with Crippen molar-refractivity contribution in [1.82, 2.24) is 14.9 Å². The molecular weight excluding hydrogens is 302 g/mol. The average molecular weight is 321 g/mol. The van der Waals surface area contributed by atoms with Crippen LogP contribution in [0, 0.1) is 6.92 Å². The van der Waals surface area contributed by atoms with E-state index < -0.39 is 0 Å². The number of para-hydroxylation sites is 1. The summed E-state index contributed by atoms with van der Waals surface area (Å²) < 4.78 is 1.65. The van der Waals surface area contributed by atoms with Crippen molar-refractivity contribution in [1.29, 1.82) is 0 Å². The quantitative estimate of drug-likeness (QED) is 0.803. The minimum absolute atomic E-state index is 0.0227. The Bertz CT molecular complexity index is 912. The average Bonchev–Trinajstić information content (AvgIpc) is 2.94. The van der Waals surface area contributed by atoms with Gasteiger partial charge in [0.1, 0.15) is 5.69 Å². The lowest BCUT2D eigenvalue weighted by Crippen LogP contribution is -2.26. The van der Waals surface area contributed by atoms with Crippen LogP contribution in [0.5, 0.6) is 0 Å². The van der Waals surface area contributed by atoms with Crippen molar-refractivity contribution in [2.24, 2.45) is 0 Å². The highest BCUT2D eigenvalue weighted by atomic mass is 16.2. The van der Waals surface area contributed by atoms with Gasteiger partial charge < -0.3 is 5.32 Å². The summed E-state index contributed by atoms with van der Waals surface area (Å²) in [6.45, 7) is 3.88. The number of aromatic nitrogens is 2. The Labute approximate surface area is 140 Å². The molecule has 2 heterocycles. The molecule has 0 radical (unpaired) electrons. The van der Waals surface area contributed by atoms with E-state index >= 15 is 0 Å². The standard InChI is InChI=1S/C19H19N3O2/c1-13-6-5-8-17(21-13)19(24)20-11-10-15-12-22(14(2)23)18-9-4-3-7-16(15)18/h3-9,12H,10-11H2,1-2H3,(H,20,24). The number of hydrogen-bond donors (Lipinski definition) is 1. The lowest BCUT2D eigenvalue weighted by atomic mass is 10.1. The molecule has 2 aromatic heterocycles. The van der Waals surface area contributed by atoms with Crippen molar-refractivity contribution < 1.29 is 9.59 Å². The molecule has 0 spiro atoms. The molecule has 0 bridgehead atoms. The number of nitrogens with one attached hydrogen (secondary N) is 1. The molecule has 24 heavy (non-hydrogen) atoms. The molecule has 0 fully saturated rings. The van der Waals surface area contributed by atoms with Gasteiger partial charge in [-0.05, 0) is 37.1 Å². The van der Waals surface area contributed by atoms with Crippen molar-refractivity contribution in [3.05, 3.63) is 65.6 Å². The third kappa shape index (κ3) is 3.20. The second-order valence-corrected chi connectivity index (χ2v) is 5.73. The second-order valence-electron chi connectivity index (χ2n) is 5.73. The Morgan fingerprint density at radius 2 is 1.92 bits per heavy atom. The van der Waals surface area contributed by atoms with Gasteiger partial charge in [0.15, 0.2) is 0 Å². The molecule has 0 saturated carbocycles. The Kier molecular flexibility index (Phi) is 4.42. The first kappa shape index (κ1) is 15.9. The number of amides is 1. The van der Waals surface area contributed by atoms with Gasteiger partial charge >= 0.3 is 0 Å². The van der Waals surface area contributed by atoms with E-state index in [-0.39, 0.29) is 11.8 Å².